The Morgan fingerprint density at radius 1 is 1.19 bits per heavy atom. The Hall–Kier alpha value is -4.21. The smallest absolute Gasteiger partial charge is 0.409 e. The minimum Gasteiger partial charge on any atom is -0.465 e. The highest BCUT2D eigenvalue weighted by Crippen LogP contribution is 2.33. The third-order valence-electron chi connectivity index (χ3n) is 4.94. The molecule has 1 heterocycles. The first-order valence-corrected chi connectivity index (χ1v) is 11.2. The fraction of sp³-hybridized carbons (Fsp3) is 0.308. The molecule has 3 amide bonds. The molecule has 0 bridgehead atoms. The summed E-state index contributed by atoms with van der Waals surface area (Å²) in [6, 6.07) is 5.19. The van der Waals surface area contributed by atoms with Gasteiger partial charge in [0.15, 0.2) is 0 Å². The minimum atomic E-state index is -1.27. The van der Waals surface area contributed by atoms with Crippen LogP contribution >= 0.6 is 0 Å². The van der Waals surface area contributed by atoms with E-state index < -0.39 is 35.7 Å². The van der Waals surface area contributed by atoms with Crippen molar-refractivity contribution in [2.24, 2.45) is 5.92 Å². The highest BCUT2D eigenvalue weighted by molar-refractivity contribution is 5.99. The molecule has 0 aliphatic carbocycles. The van der Waals surface area contributed by atoms with Crippen LogP contribution in [0.3, 0.4) is 0 Å². The number of halogens is 1. The summed E-state index contributed by atoms with van der Waals surface area (Å²) in [6.07, 6.45) is 2.48. The number of nitrogens with zero attached hydrogens (tertiary/aromatic N) is 1. The van der Waals surface area contributed by atoms with E-state index in [0.29, 0.717) is 11.1 Å². The molecule has 10 heteroatoms. The number of hydrogen-bond donors (Lipinski definition) is 4. The number of carbonyl (C=O) groups excluding carboxylic acids is 2. The fourth-order valence-corrected chi connectivity index (χ4v) is 3.19. The predicted octanol–water partition coefficient (Wildman–Crippen LogP) is 5.88. The Bertz CT molecular complexity index is 1160. The van der Waals surface area contributed by atoms with Crippen molar-refractivity contribution in [1.82, 2.24) is 10.3 Å². The third-order valence-corrected chi connectivity index (χ3v) is 4.94. The van der Waals surface area contributed by atoms with Crippen molar-refractivity contribution < 1.29 is 28.6 Å². The topological polar surface area (TPSA) is 130 Å². The Labute approximate surface area is 209 Å². The number of anilines is 2. The van der Waals surface area contributed by atoms with E-state index in [1.807, 2.05) is 0 Å². The molecular weight excluding hydrogens is 467 g/mol. The van der Waals surface area contributed by atoms with Gasteiger partial charge in [0.1, 0.15) is 5.60 Å². The average molecular weight is 499 g/mol. The lowest BCUT2D eigenvalue weighted by Crippen LogP contribution is -2.35. The summed E-state index contributed by atoms with van der Waals surface area (Å²) >= 11 is 0. The number of alkyl carbamates (subject to hydrolysis) is 1. The van der Waals surface area contributed by atoms with Crippen LogP contribution in [0.25, 0.3) is 11.1 Å². The molecule has 192 valence electrons. The Morgan fingerprint density at radius 2 is 1.89 bits per heavy atom. The summed E-state index contributed by atoms with van der Waals surface area (Å²) in [6.45, 7) is 14.1. The maximum absolute atomic E-state index is 14.8. The Morgan fingerprint density at radius 3 is 2.47 bits per heavy atom. The maximum atomic E-state index is 14.8. The second-order valence-electron chi connectivity index (χ2n) is 9.03. The molecule has 0 aliphatic heterocycles. The zero-order valence-electron chi connectivity index (χ0n) is 20.7. The van der Waals surface area contributed by atoms with Crippen LogP contribution in [-0.2, 0) is 9.53 Å². The lowest BCUT2D eigenvalue weighted by Gasteiger charge is -2.24. The van der Waals surface area contributed by atoms with Gasteiger partial charge in [-0.3, -0.25) is 10.1 Å². The van der Waals surface area contributed by atoms with Crippen molar-refractivity contribution >= 4 is 29.5 Å². The molecule has 2 atom stereocenters. The maximum Gasteiger partial charge on any atom is 0.409 e. The van der Waals surface area contributed by atoms with Gasteiger partial charge in [-0.1, -0.05) is 25.1 Å². The van der Waals surface area contributed by atoms with E-state index >= 15 is 0 Å². The normalized spacial score (nSPS) is 12.6. The summed E-state index contributed by atoms with van der Waals surface area (Å²) < 4.78 is 20.1. The van der Waals surface area contributed by atoms with Crippen LogP contribution in [0, 0.1) is 11.9 Å². The number of amides is 3. The Kier molecular flexibility index (Phi) is 9.32. The predicted molar refractivity (Wildman–Crippen MR) is 136 cm³/mol. The summed E-state index contributed by atoms with van der Waals surface area (Å²) in [4.78, 5) is 39.8. The first-order chi connectivity index (χ1) is 16.8. The molecule has 1 aromatic carbocycles. The minimum absolute atomic E-state index is 0.0859. The Balaban J connectivity index is 2.53. The SMILES string of the molecule is C=CC[C@H](NC(=O)OC(C)(C)C)c1cc(-c2ccc(NC(=O)O)cc2NC(=O)C(C)C=C)cnc1F. The summed E-state index contributed by atoms with van der Waals surface area (Å²) in [5.41, 5.74) is 0.721. The highest BCUT2D eigenvalue weighted by Gasteiger charge is 2.23. The number of rotatable bonds is 9. The van der Waals surface area contributed by atoms with Gasteiger partial charge in [0.25, 0.3) is 0 Å². The molecule has 0 radical (unpaired) electrons. The zero-order valence-corrected chi connectivity index (χ0v) is 20.7. The summed E-state index contributed by atoms with van der Waals surface area (Å²) in [5.74, 6) is -1.69. The van der Waals surface area contributed by atoms with Gasteiger partial charge in [-0.25, -0.2) is 14.6 Å². The van der Waals surface area contributed by atoms with Crippen molar-refractivity contribution in [1.29, 1.82) is 0 Å². The van der Waals surface area contributed by atoms with Gasteiger partial charge >= 0.3 is 12.2 Å². The average Bonchev–Trinajstić information content (AvgIpc) is 2.77. The van der Waals surface area contributed by atoms with E-state index in [9.17, 15) is 18.8 Å². The number of carboxylic acid groups (broad SMARTS) is 1. The standard InChI is InChI=1S/C26H31FN4O5/c1-7-9-20(31-25(35)36-26(4,5)6)19-12-16(14-28-22(19)27)18-11-10-17(29-24(33)34)13-21(18)30-23(32)15(3)8-2/h7-8,10-15,20,29H,1-2,9H2,3-6H3,(H,30,32)(H,31,35)(H,33,34)/t15?,20-/m0/s1. The van der Waals surface area contributed by atoms with Crippen LogP contribution in [0.1, 0.15) is 45.7 Å². The van der Waals surface area contributed by atoms with Crippen LogP contribution in [0.5, 0.6) is 0 Å². The van der Waals surface area contributed by atoms with Crippen molar-refractivity contribution in [3.05, 3.63) is 67.3 Å². The molecule has 0 aliphatic rings. The van der Waals surface area contributed by atoms with E-state index in [-0.39, 0.29) is 29.3 Å². The molecule has 4 N–H and O–H groups in total. The van der Waals surface area contributed by atoms with Crippen molar-refractivity contribution in [3.63, 3.8) is 0 Å². The van der Waals surface area contributed by atoms with Crippen LogP contribution in [-0.4, -0.2) is 33.8 Å². The van der Waals surface area contributed by atoms with Crippen molar-refractivity contribution in [3.8, 4) is 11.1 Å². The van der Waals surface area contributed by atoms with Crippen molar-refractivity contribution in [2.45, 2.75) is 45.8 Å². The molecule has 0 fully saturated rings. The van der Waals surface area contributed by atoms with Crippen LogP contribution < -0.4 is 16.0 Å². The number of carbonyl (C=O) groups is 3. The molecule has 2 aromatic rings. The molecule has 1 aromatic heterocycles. The number of aromatic nitrogens is 1. The third kappa shape index (κ3) is 7.93. The van der Waals surface area contributed by atoms with E-state index in [2.05, 4.69) is 34.1 Å². The highest BCUT2D eigenvalue weighted by atomic mass is 19.1. The van der Waals surface area contributed by atoms with E-state index in [1.165, 1.54) is 36.5 Å². The molecule has 0 saturated carbocycles. The quantitative estimate of drug-likeness (QED) is 0.252. The number of hydrogen-bond acceptors (Lipinski definition) is 5. The van der Waals surface area contributed by atoms with E-state index in [1.54, 1.807) is 33.8 Å². The molecule has 1 unspecified atom stereocenters. The first kappa shape index (κ1) is 28.0. The second kappa shape index (κ2) is 12.0. The largest absolute Gasteiger partial charge is 0.465 e. The molecule has 0 saturated heterocycles. The fourth-order valence-electron chi connectivity index (χ4n) is 3.19. The summed E-state index contributed by atoms with van der Waals surface area (Å²) in [5, 5.41) is 16.7. The molecule has 36 heavy (non-hydrogen) atoms. The van der Waals surface area contributed by atoms with Gasteiger partial charge < -0.3 is 20.5 Å². The number of benzene rings is 1. The van der Waals surface area contributed by atoms with Gasteiger partial charge in [0, 0.05) is 28.6 Å². The second-order valence-corrected chi connectivity index (χ2v) is 9.03. The number of ether oxygens (including phenoxy) is 1. The molecular formula is C26H31FN4O5. The van der Waals surface area contributed by atoms with Gasteiger partial charge in [0.05, 0.1) is 17.6 Å². The van der Waals surface area contributed by atoms with E-state index in [0.717, 1.165) is 0 Å². The van der Waals surface area contributed by atoms with E-state index in [4.69, 9.17) is 9.84 Å². The van der Waals surface area contributed by atoms with Gasteiger partial charge in [0.2, 0.25) is 11.9 Å². The molecule has 9 nitrogen and oxygen atoms in total. The number of pyridine rings is 1. The van der Waals surface area contributed by atoms with Crippen molar-refractivity contribution in [2.75, 3.05) is 10.6 Å². The summed E-state index contributed by atoms with van der Waals surface area (Å²) in [7, 11) is 0. The van der Waals surface area contributed by atoms with Gasteiger partial charge in [-0.15, -0.1) is 13.2 Å². The monoisotopic (exact) mass is 498 g/mol. The molecule has 0 spiro atoms. The molecule has 2 rings (SSSR count). The van der Waals surface area contributed by atoms with Gasteiger partial charge in [-0.05, 0) is 45.4 Å². The van der Waals surface area contributed by atoms with Gasteiger partial charge in [-0.2, -0.15) is 4.39 Å². The zero-order chi connectivity index (χ0) is 27.0. The van der Waals surface area contributed by atoms with Crippen LogP contribution in [0.4, 0.5) is 25.4 Å². The lowest BCUT2D eigenvalue weighted by molar-refractivity contribution is -0.118. The lowest BCUT2D eigenvalue weighted by atomic mass is 9.98. The van der Waals surface area contributed by atoms with Crippen LogP contribution in [0.15, 0.2) is 55.8 Å². The first-order valence-electron chi connectivity index (χ1n) is 11.2. The van der Waals surface area contributed by atoms with Crippen LogP contribution in [0.2, 0.25) is 0 Å². The number of nitrogens with one attached hydrogen (secondary N) is 3.